The number of aryl methyl sites for hydroxylation is 1. The highest BCUT2D eigenvalue weighted by molar-refractivity contribution is 5.63. The van der Waals surface area contributed by atoms with E-state index >= 15 is 0 Å². The van der Waals surface area contributed by atoms with Gasteiger partial charge >= 0.3 is 0 Å². The molecule has 0 saturated carbocycles. The Morgan fingerprint density at radius 1 is 1.27 bits per heavy atom. The van der Waals surface area contributed by atoms with Gasteiger partial charge in [0.15, 0.2) is 0 Å². The Bertz CT molecular complexity index is 381. The zero-order valence-electron chi connectivity index (χ0n) is 10.7. The van der Waals surface area contributed by atoms with Gasteiger partial charge in [-0.2, -0.15) is 0 Å². The summed E-state index contributed by atoms with van der Waals surface area (Å²) in [5, 5.41) is 0. The van der Waals surface area contributed by atoms with Crippen LogP contribution in [0.4, 0.5) is 0 Å². The lowest BCUT2D eigenvalue weighted by Crippen LogP contribution is -2.14. The quantitative estimate of drug-likeness (QED) is 0.669. The predicted molar refractivity (Wildman–Crippen MR) is 67.0 cm³/mol. The summed E-state index contributed by atoms with van der Waals surface area (Å²) in [4.78, 5) is 4.75. The Hall–Kier alpha value is -1.11. The molecule has 0 bridgehead atoms. The molecule has 15 heavy (non-hydrogen) atoms. The summed E-state index contributed by atoms with van der Waals surface area (Å²) in [6.45, 7) is 12.9. The second-order valence-corrected chi connectivity index (χ2v) is 5.08. The van der Waals surface area contributed by atoms with Crippen LogP contribution in [0, 0.1) is 6.92 Å². The monoisotopic (exact) mass is 203 g/mol. The van der Waals surface area contributed by atoms with E-state index in [0.717, 1.165) is 11.4 Å². The van der Waals surface area contributed by atoms with Crippen LogP contribution in [0.2, 0.25) is 0 Å². The first-order valence-corrected chi connectivity index (χ1v) is 5.47. The van der Waals surface area contributed by atoms with Gasteiger partial charge < -0.3 is 0 Å². The van der Waals surface area contributed by atoms with Crippen LogP contribution in [0.1, 0.15) is 51.6 Å². The molecule has 0 radical (unpaired) electrons. The molecule has 1 aromatic rings. The molecule has 1 heterocycles. The van der Waals surface area contributed by atoms with Crippen molar-refractivity contribution in [3.8, 4) is 0 Å². The van der Waals surface area contributed by atoms with Gasteiger partial charge in [0, 0.05) is 11.1 Å². The molecule has 0 aliphatic heterocycles. The molecule has 0 saturated heterocycles. The topological polar surface area (TPSA) is 12.9 Å². The van der Waals surface area contributed by atoms with Gasteiger partial charge in [0.2, 0.25) is 0 Å². The van der Waals surface area contributed by atoms with Crippen LogP contribution in [0.25, 0.3) is 5.57 Å². The highest BCUT2D eigenvalue weighted by Gasteiger charge is 2.16. The molecule has 0 amide bonds. The first-order valence-electron chi connectivity index (χ1n) is 5.47. The molecule has 0 fully saturated rings. The molecule has 1 heteroatoms. The van der Waals surface area contributed by atoms with Crippen molar-refractivity contribution in [1.82, 2.24) is 4.98 Å². The zero-order chi connectivity index (χ0) is 11.6. The number of nitrogens with zero attached hydrogens (tertiary/aromatic N) is 1. The molecule has 0 aliphatic rings. The van der Waals surface area contributed by atoms with Gasteiger partial charge in [0.05, 0.1) is 5.69 Å². The molecule has 0 spiro atoms. The highest BCUT2D eigenvalue weighted by Crippen LogP contribution is 2.24. The van der Waals surface area contributed by atoms with Crippen LogP contribution in [0.3, 0.4) is 0 Å². The second-order valence-electron chi connectivity index (χ2n) is 5.08. The SMILES string of the molecule is C/C=C(/C)c1nc(C(C)(C)C)ccc1C. The second kappa shape index (κ2) is 4.18. The van der Waals surface area contributed by atoms with E-state index in [9.17, 15) is 0 Å². The summed E-state index contributed by atoms with van der Waals surface area (Å²) in [7, 11) is 0. The molecule has 1 nitrogen and oxygen atoms in total. The third kappa shape index (κ3) is 2.68. The Morgan fingerprint density at radius 2 is 1.87 bits per heavy atom. The number of hydrogen-bond donors (Lipinski definition) is 0. The van der Waals surface area contributed by atoms with Crippen molar-refractivity contribution in [3.63, 3.8) is 0 Å². The number of allylic oxidation sites excluding steroid dienone is 2. The summed E-state index contributed by atoms with van der Waals surface area (Å²) in [5.74, 6) is 0. The summed E-state index contributed by atoms with van der Waals surface area (Å²) < 4.78 is 0. The minimum Gasteiger partial charge on any atom is -0.252 e. The Kier molecular flexibility index (Phi) is 3.33. The number of hydrogen-bond acceptors (Lipinski definition) is 1. The number of pyridine rings is 1. The highest BCUT2D eigenvalue weighted by atomic mass is 14.7. The minimum absolute atomic E-state index is 0.121. The van der Waals surface area contributed by atoms with Crippen LogP contribution in [0.15, 0.2) is 18.2 Å². The molecule has 1 rings (SSSR count). The molecule has 1 aromatic heterocycles. The van der Waals surface area contributed by atoms with Crippen LogP contribution < -0.4 is 0 Å². The van der Waals surface area contributed by atoms with Crippen LogP contribution in [0.5, 0.6) is 0 Å². The lowest BCUT2D eigenvalue weighted by molar-refractivity contribution is 0.568. The Balaban J connectivity index is 3.29. The molecule has 0 atom stereocenters. The van der Waals surface area contributed by atoms with Gasteiger partial charge in [0.1, 0.15) is 0 Å². The van der Waals surface area contributed by atoms with Crippen molar-refractivity contribution < 1.29 is 0 Å². The van der Waals surface area contributed by atoms with E-state index in [0.29, 0.717) is 0 Å². The number of rotatable bonds is 1. The van der Waals surface area contributed by atoms with E-state index in [2.05, 4.69) is 59.8 Å². The lowest BCUT2D eigenvalue weighted by Gasteiger charge is -2.19. The molecular weight excluding hydrogens is 182 g/mol. The smallest absolute Gasteiger partial charge is 0.0688 e. The van der Waals surface area contributed by atoms with Gasteiger partial charge in [-0.05, 0) is 38.0 Å². The average Bonchev–Trinajstić information content (AvgIpc) is 2.15. The van der Waals surface area contributed by atoms with Crippen molar-refractivity contribution in [2.45, 2.75) is 47.0 Å². The molecule has 0 aromatic carbocycles. The average molecular weight is 203 g/mol. The fourth-order valence-corrected chi connectivity index (χ4v) is 1.48. The van der Waals surface area contributed by atoms with Crippen molar-refractivity contribution >= 4 is 5.57 Å². The maximum absolute atomic E-state index is 4.75. The standard InChI is InChI=1S/C14H21N/c1-7-10(2)13-11(3)8-9-12(15-13)14(4,5)6/h7-9H,1-6H3/b10-7-. The third-order valence-electron chi connectivity index (χ3n) is 2.67. The fourth-order valence-electron chi connectivity index (χ4n) is 1.48. The van der Waals surface area contributed by atoms with Gasteiger partial charge in [-0.15, -0.1) is 0 Å². The van der Waals surface area contributed by atoms with Gasteiger partial charge in [0.25, 0.3) is 0 Å². The summed E-state index contributed by atoms with van der Waals surface area (Å²) in [6.07, 6.45) is 2.11. The Morgan fingerprint density at radius 3 is 2.33 bits per heavy atom. The van der Waals surface area contributed by atoms with Crippen molar-refractivity contribution in [2.75, 3.05) is 0 Å². The normalized spacial score (nSPS) is 13.1. The minimum atomic E-state index is 0.121. The lowest BCUT2D eigenvalue weighted by atomic mass is 9.90. The van der Waals surface area contributed by atoms with Crippen molar-refractivity contribution in [2.24, 2.45) is 0 Å². The van der Waals surface area contributed by atoms with Gasteiger partial charge in [-0.25, -0.2) is 0 Å². The van der Waals surface area contributed by atoms with Gasteiger partial charge in [-0.1, -0.05) is 32.9 Å². The molecule has 0 N–H and O–H groups in total. The first kappa shape index (κ1) is 12.0. The maximum atomic E-state index is 4.75. The number of aromatic nitrogens is 1. The zero-order valence-corrected chi connectivity index (χ0v) is 10.7. The molecule has 82 valence electrons. The Labute approximate surface area is 93.2 Å². The van der Waals surface area contributed by atoms with Crippen LogP contribution in [-0.2, 0) is 5.41 Å². The van der Waals surface area contributed by atoms with Crippen molar-refractivity contribution in [3.05, 3.63) is 35.2 Å². The van der Waals surface area contributed by atoms with E-state index in [1.807, 2.05) is 0 Å². The predicted octanol–water partition coefficient (Wildman–Crippen LogP) is 4.11. The van der Waals surface area contributed by atoms with Gasteiger partial charge in [-0.3, -0.25) is 4.98 Å². The molecular formula is C14H21N. The fraction of sp³-hybridized carbons (Fsp3) is 0.500. The molecule has 0 unspecified atom stereocenters. The molecule has 0 aliphatic carbocycles. The van der Waals surface area contributed by atoms with E-state index in [1.54, 1.807) is 0 Å². The summed E-state index contributed by atoms with van der Waals surface area (Å²) >= 11 is 0. The van der Waals surface area contributed by atoms with E-state index in [4.69, 9.17) is 4.98 Å². The van der Waals surface area contributed by atoms with E-state index in [1.165, 1.54) is 11.1 Å². The summed E-state index contributed by atoms with van der Waals surface area (Å²) in [6, 6.07) is 4.29. The van der Waals surface area contributed by atoms with Crippen molar-refractivity contribution in [1.29, 1.82) is 0 Å². The van der Waals surface area contributed by atoms with E-state index < -0.39 is 0 Å². The third-order valence-corrected chi connectivity index (χ3v) is 2.67. The van der Waals surface area contributed by atoms with Crippen LogP contribution in [-0.4, -0.2) is 4.98 Å². The maximum Gasteiger partial charge on any atom is 0.0688 e. The van der Waals surface area contributed by atoms with E-state index in [-0.39, 0.29) is 5.41 Å². The van der Waals surface area contributed by atoms with Crippen LogP contribution >= 0.6 is 0 Å². The summed E-state index contributed by atoms with van der Waals surface area (Å²) in [5.41, 5.74) is 4.91. The first-order chi connectivity index (χ1) is 6.86. The largest absolute Gasteiger partial charge is 0.252 e.